The quantitative estimate of drug-likeness (QED) is 0.156. The number of oxime groups is 1. The maximum atomic E-state index is 12.8. The lowest BCUT2D eigenvalue weighted by Gasteiger charge is -2.48. The van der Waals surface area contributed by atoms with Gasteiger partial charge in [-0.1, -0.05) is 24.4 Å². The molecule has 1 aromatic heterocycles. The Labute approximate surface area is 221 Å². The van der Waals surface area contributed by atoms with E-state index in [1.165, 1.54) is 23.8 Å². The molecule has 3 aliphatic rings. The Morgan fingerprint density at radius 2 is 2.00 bits per heavy atom. The van der Waals surface area contributed by atoms with Crippen LogP contribution in [0.4, 0.5) is 5.13 Å². The maximum absolute atomic E-state index is 12.8. The molecule has 1 saturated carbocycles. The number of carbonyl (C=O) groups is 4. The number of nitrogens with zero attached hydrogens (tertiary/aromatic N) is 3. The predicted octanol–water partition coefficient (Wildman–Crippen LogP) is 1.41. The second-order valence-electron chi connectivity index (χ2n) is 8.01. The molecule has 15 heteroatoms. The minimum Gasteiger partial charge on any atom is -0.428 e. The lowest BCUT2D eigenvalue weighted by atomic mass is 9.89. The number of hydrogen-bond donors (Lipinski definition) is 2. The Kier molecular flexibility index (Phi) is 9.56. The molecule has 2 aliphatic heterocycles. The van der Waals surface area contributed by atoms with Gasteiger partial charge >= 0.3 is 11.9 Å². The van der Waals surface area contributed by atoms with E-state index in [0.29, 0.717) is 5.75 Å². The Hall–Kier alpha value is -2.84. The molecule has 1 saturated heterocycles. The van der Waals surface area contributed by atoms with Crippen LogP contribution in [-0.2, 0) is 33.5 Å². The summed E-state index contributed by atoms with van der Waals surface area (Å²) in [7, 11) is 1.28. The van der Waals surface area contributed by atoms with E-state index in [2.05, 4.69) is 15.5 Å². The van der Waals surface area contributed by atoms with Gasteiger partial charge in [0.15, 0.2) is 10.8 Å². The van der Waals surface area contributed by atoms with Crippen molar-refractivity contribution in [1.29, 1.82) is 0 Å². The summed E-state index contributed by atoms with van der Waals surface area (Å²) in [6.07, 6.45) is 6.20. The number of ether oxygens (including phenoxy) is 2. The van der Waals surface area contributed by atoms with Crippen LogP contribution in [0, 0.1) is 5.92 Å². The highest BCUT2D eigenvalue weighted by Gasteiger charge is 2.53. The third-order valence-electron chi connectivity index (χ3n) is 5.83. The van der Waals surface area contributed by atoms with Gasteiger partial charge in [0.05, 0.1) is 5.92 Å². The molecule has 196 valence electrons. The third-order valence-corrected chi connectivity index (χ3v) is 7.69. The number of nitrogens with two attached hydrogens (primary N) is 1. The molecule has 12 nitrogen and oxygen atoms in total. The summed E-state index contributed by atoms with van der Waals surface area (Å²) in [5.74, 6) is -2.03. The molecule has 1 unspecified atom stereocenters. The first-order chi connectivity index (χ1) is 16.9. The van der Waals surface area contributed by atoms with Crippen molar-refractivity contribution in [2.24, 2.45) is 11.1 Å². The molecule has 1 aliphatic carbocycles. The number of carbonyl (C=O) groups excluding carboxylic acids is 4. The number of amides is 2. The van der Waals surface area contributed by atoms with Gasteiger partial charge in [-0.15, -0.1) is 35.5 Å². The van der Waals surface area contributed by atoms with Gasteiger partial charge < -0.3 is 25.4 Å². The van der Waals surface area contributed by atoms with Crippen molar-refractivity contribution in [3.8, 4) is 0 Å². The van der Waals surface area contributed by atoms with Gasteiger partial charge in [-0.3, -0.25) is 19.3 Å². The number of thioether (sulfide) groups is 1. The van der Waals surface area contributed by atoms with Crippen LogP contribution in [0.3, 0.4) is 0 Å². The molecule has 2 atom stereocenters. The number of hydrogen-bond acceptors (Lipinski definition) is 12. The van der Waals surface area contributed by atoms with E-state index in [-0.39, 0.29) is 46.5 Å². The highest BCUT2D eigenvalue weighted by Crippen LogP contribution is 2.38. The molecule has 0 aromatic carbocycles. The summed E-state index contributed by atoms with van der Waals surface area (Å²) in [5, 5.41) is 7.63. The number of β-lactam (4-membered cyclic amide) rings is 1. The van der Waals surface area contributed by atoms with E-state index in [0.717, 1.165) is 43.4 Å². The fourth-order valence-corrected chi connectivity index (χ4v) is 5.84. The molecule has 2 amide bonds. The number of halogens is 1. The summed E-state index contributed by atoms with van der Waals surface area (Å²) < 4.78 is 10.2. The number of fused-ring (bicyclic) bond motifs is 1. The Morgan fingerprint density at radius 3 is 2.67 bits per heavy atom. The molecule has 0 bridgehead atoms. The molecule has 3 N–H and O–H groups in total. The first kappa shape index (κ1) is 27.7. The van der Waals surface area contributed by atoms with Crippen molar-refractivity contribution < 1.29 is 33.5 Å². The van der Waals surface area contributed by atoms with Gasteiger partial charge in [0.1, 0.15) is 29.9 Å². The van der Waals surface area contributed by atoms with Gasteiger partial charge in [-0.05, 0) is 18.9 Å². The van der Waals surface area contributed by atoms with Gasteiger partial charge in [0, 0.05) is 11.1 Å². The minimum absolute atomic E-state index is 0. The Bertz CT molecular complexity index is 1070. The second kappa shape index (κ2) is 12.4. The minimum atomic E-state index is -0.883. The first-order valence-electron chi connectivity index (χ1n) is 11.0. The van der Waals surface area contributed by atoms with Gasteiger partial charge in [-0.25, -0.2) is 9.78 Å². The van der Waals surface area contributed by atoms with Gasteiger partial charge in [-0.2, -0.15) is 0 Å². The number of rotatable bonds is 8. The van der Waals surface area contributed by atoms with Crippen LogP contribution in [-0.4, -0.2) is 70.4 Å². The number of nitrogens with one attached hydrogen (secondary N) is 1. The summed E-state index contributed by atoms with van der Waals surface area (Å²) >= 11 is 2.51. The molecule has 1 aromatic rings. The lowest BCUT2D eigenvalue weighted by Crippen LogP contribution is -2.70. The lowest BCUT2D eigenvalue weighted by molar-refractivity contribution is -0.171. The van der Waals surface area contributed by atoms with Crippen molar-refractivity contribution in [3.63, 3.8) is 0 Å². The molecular weight excluding hydrogens is 534 g/mol. The molecule has 0 radical (unpaired) electrons. The zero-order valence-electron chi connectivity index (χ0n) is 19.3. The van der Waals surface area contributed by atoms with Crippen LogP contribution < -0.4 is 11.1 Å². The third kappa shape index (κ3) is 5.93. The normalized spacial score (nSPS) is 21.8. The largest absolute Gasteiger partial charge is 0.428 e. The Balaban J connectivity index is 0.00000361. The van der Waals surface area contributed by atoms with Crippen LogP contribution in [0.25, 0.3) is 0 Å². The predicted molar refractivity (Wildman–Crippen MR) is 134 cm³/mol. The zero-order valence-corrected chi connectivity index (χ0v) is 21.8. The van der Waals surface area contributed by atoms with Crippen LogP contribution in [0.5, 0.6) is 0 Å². The maximum Gasteiger partial charge on any atom is 0.357 e. The molecule has 0 spiro atoms. The van der Waals surface area contributed by atoms with E-state index in [4.69, 9.17) is 20.0 Å². The van der Waals surface area contributed by atoms with Crippen molar-refractivity contribution in [2.45, 2.75) is 43.5 Å². The first-order valence-corrected chi connectivity index (χ1v) is 13.0. The van der Waals surface area contributed by atoms with Crippen LogP contribution in [0.2, 0.25) is 0 Å². The van der Waals surface area contributed by atoms with E-state index in [9.17, 15) is 19.2 Å². The van der Waals surface area contributed by atoms with E-state index in [1.807, 2.05) is 0 Å². The summed E-state index contributed by atoms with van der Waals surface area (Å²) in [6.45, 7) is -0.515. The van der Waals surface area contributed by atoms with Crippen LogP contribution >= 0.6 is 35.5 Å². The zero-order chi connectivity index (χ0) is 24.9. The molecule has 2 fully saturated rings. The average molecular weight is 560 g/mol. The number of anilines is 1. The second-order valence-corrected chi connectivity index (χ2v) is 10.1. The van der Waals surface area contributed by atoms with Crippen molar-refractivity contribution in [1.82, 2.24) is 15.2 Å². The monoisotopic (exact) mass is 559 g/mol. The van der Waals surface area contributed by atoms with E-state index in [1.54, 1.807) is 11.5 Å². The topological polar surface area (TPSA) is 163 Å². The smallest absolute Gasteiger partial charge is 0.357 e. The van der Waals surface area contributed by atoms with Crippen LogP contribution in [0.15, 0.2) is 22.3 Å². The fraction of sp³-hybridized carbons (Fsp3) is 0.524. The molecular formula is C21H26ClN5O7S2. The SMILES string of the molecule is CON=C(C(=O)NC1C(=O)N2C(C(=O)OCOC(=O)C3CCCCC3)=CCS[C@@H]12)c1csc(N)n1.Cl. The highest BCUT2D eigenvalue weighted by molar-refractivity contribution is 8.00. The van der Waals surface area contributed by atoms with Crippen molar-refractivity contribution in [2.75, 3.05) is 25.4 Å². The van der Waals surface area contributed by atoms with Crippen molar-refractivity contribution >= 4 is 70.1 Å². The Morgan fingerprint density at radius 1 is 1.25 bits per heavy atom. The highest BCUT2D eigenvalue weighted by atomic mass is 35.5. The molecule has 3 heterocycles. The van der Waals surface area contributed by atoms with E-state index >= 15 is 0 Å². The standard InChI is InChI=1S/C21H25N5O7S2.ClH/c1-31-25-14(12-9-35-21(22)23-12)16(27)24-15-17(28)26-13(7-8-34-18(15)26)20(30)33-10-32-19(29)11-5-3-2-4-6-11;/h7,9,11,15,18H,2-6,8,10H2,1H3,(H2,22,23)(H,24,27);1H/t15?,18-;/m0./s1. The number of nitrogen functional groups attached to an aromatic ring is 1. The van der Waals surface area contributed by atoms with Gasteiger partial charge in [0.25, 0.3) is 11.8 Å². The van der Waals surface area contributed by atoms with Crippen molar-refractivity contribution in [3.05, 3.63) is 22.8 Å². The number of thiazole rings is 1. The number of aromatic nitrogens is 1. The van der Waals surface area contributed by atoms with Crippen LogP contribution in [0.1, 0.15) is 37.8 Å². The number of esters is 2. The molecule has 4 rings (SSSR count). The van der Waals surface area contributed by atoms with Gasteiger partial charge in [0.2, 0.25) is 6.79 Å². The summed E-state index contributed by atoms with van der Waals surface area (Å²) in [6, 6.07) is -0.883. The fourth-order valence-electron chi connectivity index (χ4n) is 4.10. The summed E-state index contributed by atoms with van der Waals surface area (Å²) in [4.78, 5) is 60.3. The van der Waals surface area contributed by atoms with E-state index < -0.39 is 36.0 Å². The molecule has 36 heavy (non-hydrogen) atoms. The average Bonchev–Trinajstić information content (AvgIpc) is 3.31. The summed E-state index contributed by atoms with van der Waals surface area (Å²) in [5.41, 5.74) is 5.78.